The first kappa shape index (κ1) is 13.9. The summed E-state index contributed by atoms with van der Waals surface area (Å²) in [5.41, 5.74) is 6.35. The van der Waals surface area contributed by atoms with Crippen molar-refractivity contribution >= 4 is 35.0 Å². The zero-order chi connectivity index (χ0) is 14.0. The number of amides is 2. The van der Waals surface area contributed by atoms with Gasteiger partial charge in [-0.15, -0.1) is 11.8 Å². The first-order chi connectivity index (χ1) is 8.92. The van der Waals surface area contributed by atoms with E-state index in [-0.39, 0.29) is 11.8 Å². The predicted molar refractivity (Wildman–Crippen MR) is 77.3 cm³/mol. The lowest BCUT2D eigenvalue weighted by Gasteiger charge is -2.22. The van der Waals surface area contributed by atoms with Crippen LogP contribution in [0.15, 0.2) is 23.1 Å². The van der Waals surface area contributed by atoms with Crippen LogP contribution in [0.3, 0.4) is 0 Å². The highest BCUT2D eigenvalue weighted by molar-refractivity contribution is 8.00. The Morgan fingerprint density at radius 1 is 1.58 bits per heavy atom. The van der Waals surface area contributed by atoms with E-state index in [1.807, 2.05) is 19.1 Å². The van der Waals surface area contributed by atoms with Gasteiger partial charge in [-0.3, -0.25) is 9.59 Å². The molecule has 1 atom stereocenters. The second-order valence-electron chi connectivity index (χ2n) is 4.77. The van der Waals surface area contributed by atoms with Crippen LogP contribution in [0.25, 0.3) is 0 Å². The molecule has 19 heavy (non-hydrogen) atoms. The van der Waals surface area contributed by atoms with Crippen LogP contribution in [0.2, 0.25) is 0 Å². The molecular weight excluding hydrogens is 262 g/mol. The summed E-state index contributed by atoms with van der Waals surface area (Å²) in [6, 6.07) is 5.45. The first-order valence-corrected chi connectivity index (χ1v) is 7.08. The van der Waals surface area contributed by atoms with Gasteiger partial charge in [-0.2, -0.15) is 0 Å². The van der Waals surface area contributed by atoms with E-state index >= 15 is 0 Å². The lowest BCUT2D eigenvalue weighted by atomic mass is 9.99. The average molecular weight is 279 g/mol. The van der Waals surface area contributed by atoms with E-state index in [1.54, 1.807) is 13.0 Å². The largest absolute Gasteiger partial charge is 0.324 e. The smallest absolute Gasteiger partial charge is 0.244 e. The van der Waals surface area contributed by atoms with Gasteiger partial charge in [0.05, 0.1) is 17.0 Å². The fraction of sp³-hybridized carbons (Fsp3) is 0.385. The molecule has 102 valence electrons. The Hall–Kier alpha value is -1.53. The highest BCUT2D eigenvalue weighted by Crippen LogP contribution is 2.33. The Morgan fingerprint density at radius 3 is 3.00 bits per heavy atom. The number of hydrogen-bond donors (Lipinski definition) is 3. The summed E-state index contributed by atoms with van der Waals surface area (Å²) in [5, 5.41) is 5.56. The predicted octanol–water partition coefficient (Wildman–Crippen LogP) is 1.80. The standard InChI is InChI=1S/C13H17N3O2S/c1-3-13(2,14)12(18)15-8-4-5-10-9(6-8)16-11(17)7-19-10/h4-6H,3,7,14H2,1-2H3,(H,15,18)(H,16,17). The molecule has 0 aromatic heterocycles. The molecular formula is C13H17N3O2S. The second kappa shape index (κ2) is 5.22. The molecule has 6 heteroatoms. The molecule has 0 radical (unpaired) electrons. The van der Waals surface area contributed by atoms with Crippen LogP contribution in [0.1, 0.15) is 20.3 Å². The summed E-state index contributed by atoms with van der Waals surface area (Å²) in [4.78, 5) is 24.3. The van der Waals surface area contributed by atoms with Crippen LogP contribution in [0, 0.1) is 0 Å². The number of benzene rings is 1. The summed E-state index contributed by atoms with van der Waals surface area (Å²) >= 11 is 1.49. The minimum Gasteiger partial charge on any atom is -0.324 e. The maximum Gasteiger partial charge on any atom is 0.244 e. The van der Waals surface area contributed by atoms with Crippen molar-refractivity contribution in [3.63, 3.8) is 0 Å². The Bertz CT molecular complexity index is 529. The molecule has 1 aromatic rings. The van der Waals surface area contributed by atoms with Crippen molar-refractivity contribution in [2.24, 2.45) is 5.73 Å². The molecule has 1 aromatic carbocycles. The zero-order valence-corrected chi connectivity index (χ0v) is 11.8. The fourth-order valence-corrected chi connectivity index (χ4v) is 2.38. The molecule has 1 heterocycles. The maximum atomic E-state index is 12.0. The second-order valence-corrected chi connectivity index (χ2v) is 5.79. The Morgan fingerprint density at radius 2 is 2.32 bits per heavy atom. The Kier molecular flexibility index (Phi) is 3.82. The lowest BCUT2D eigenvalue weighted by molar-refractivity contribution is -0.120. The van der Waals surface area contributed by atoms with Crippen LogP contribution < -0.4 is 16.4 Å². The van der Waals surface area contributed by atoms with Crippen molar-refractivity contribution < 1.29 is 9.59 Å². The van der Waals surface area contributed by atoms with Crippen molar-refractivity contribution in [1.82, 2.24) is 0 Å². The monoisotopic (exact) mass is 279 g/mol. The third-order valence-electron chi connectivity index (χ3n) is 3.12. The highest BCUT2D eigenvalue weighted by Gasteiger charge is 2.26. The number of nitrogens with one attached hydrogen (secondary N) is 2. The Balaban J connectivity index is 2.17. The molecule has 1 aliphatic heterocycles. The normalized spacial score (nSPS) is 17.1. The lowest BCUT2D eigenvalue weighted by Crippen LogP contribution is -2.47. The molecule has 0 bridgehead atoms. The molecule has 2 rings (SSSR count). The summed E-state index contributed by atoms with van der Waals surface area (Å²) in [5.74, 6) is 0.165. The number of carbonyl (C=O) groups excluding carboxylic acids is 2. The number of anilines is 2. The van der Waals surface area contributed by atoms with E-state index in [0.717, 1.165) is 10.6 Å². The molecule has 0 aliphatic carbocycles. The van der Waals surface area contributed by atoms with E-state index < -0.39 is 5.54 Å². The van der Waals surface area contributed by atoms with Gasteiger partial charge in [-0.1, -0.05) is 6.92 Å². The average Bonchev–Trinajstić information content (AvgIpc) is 2.38. The quantitative estimate of drug-likeness (QED) is 0.787. The van der Waals surface area contributed by atoms with Gasteiger partial charge in [-0.05, 0) is 31.5 Å². The Labute approximate surface area is 116 Å². The fourth-order valence-electron chi connectivity index (χ4n) is 1.60. The van der Waals surface area contributed by atoms with Gasteiger partial charge in [0.25, 0.3) is 0 Å². The van der Waals surface area contributed by atoms with Crippen LogP contribution in [-0.4, -0.2) is 23.1 Å². The summed E-state index contributed by atoms with van der Waals surface area (Å²) in [7, 11) is 0. The molecule has 0 spiro atoms. The van der Waals surface area contributed by atoms with E-state index in [0.29, 0.717) is 17.9 Å². The molecule has 0 saturated carbocycles. The van der Waals surface area contributed by atoms with Crippen molar-refractivity contribution in [2.75, 3.05) is 16.4 Å². The van der Waals surface area contributed by atoms with Gasteiger partial charge in [0.2, 0.25) is 11.8 Å². The summed E-state index contributed by atoms with van der Waals surface area (Å²) < 4.78 is 0. The minimum atomic E-state index is -0.895. The van der Waals surface area contributed by atoms with Crippen LogP contribution in [0.5, 0.6) is 0 Å². The number of hydrogen-bond acceptors (Lipinski definition) is 4. The van der Waals surface area contributed by atoms with E-state index in [9.17, 15) is 9.59 Å². The topological polar surface area (TPSA) is 84.2 Å². The maximum absolute atomic E-state index is 12.0. The van der Waals surface area contributed by atoms with Gasteiger partial charge < -0.3 is 16.4 Å². The van der Waals surface area contributed by atoms with Crippen molar-refractivity contribution in [2.45, 2.75) is 30.7 Å². The molecule has 2 amide bonds. The number of rotatable bonds is 3. The van der Waals surface area contributed by atoms with Crippen molar-refractivity contribution in [1.29, 1.82) is 0 Å². The number of carbonyl (C=O) groups is 2. The van der Waals surface area contributed by atoms with E-state index in [4.69, 9.17) is 5.73 Å². The minimum absolute atomic E-state index is 0.0294. The van der Waals surface area contributed by atoms with Crippen LogP contribution >= 0.6 is 11.8 Å². The van der Waals surface area contributed by atoms with Crippen LogP contribution in [-0.2, 0) is 9.59 Å². The van der Waals surface area contributed by atoms with Crippen molar-refractivity contribution in [3.05, 3.63) is 18.2 Å². The summed E-state index contributed by atoms with van der Waals surface area (Å²) in [6.07, 6.45) is 0.552. The van der Waals surface area contributed by atoms with Gasteiger partial charge in [0.15, 0.2) is 0 Å². The highest BCUT2D eigenvalue weighted by atomic mass is 32.2. The van der Waals surface area contributed by atoms with Crippen LogP contribution in [0.4, 0.5) is 11.4 Å². The molecule has 1 unspecified atom stereocenters. The number of nitrogens with two attached hydrogens (primary N) is 1. The first-order valence-electron chi connectivity index (χ1n) is 6.09. The van der Waals surface area contributed by atoms with Gasteiger partial charge >= 0.3 is 0 Å². The number of fused-ring (bicyclic) bond motifs is 1. The van der Waals surface area contributed by atoms with Crippen molar-refractivity contribution in [3.8, 4) is 0 Å². The van der Waals surface area contributed by atoms with E-state index in [2.05, 4.69) is 10.6 Å². The van der Waals surface area contributed by atoms with Gasteiger partial charge in [0, 0.05) is 10.6 Å². The molecule has 1 aliphatic rings. The third-order valence-corrected chi connectivity index (χ3v) is 4.20. The SMILES string of the molecule is CCC(C)(N)C(=O)Nc1ccc2c(c1)NC(=O)CS2. The number of thioether (sulfide) groups is 1. The molecule has 0 fully saturated rings. The molecule has 5 nitrogen and oxygen atoms in total. The molecule has 4 N–H and O–H groups in total. The van der Waals surface area contributed by atoms with E-state index in [1.165, 1.54) is 11.8 Å². The zero-order valence-electron chi connectivity index (χ0n) is 10.9. The van der Waals surface area contributed by atoms with Gasteiger partial charge in [0.1, 0.15) is 0 Å². The third kappa shape index (κ3) is 3.08. The molecule has 0 saturated heterocycles. The van der Waals surface area contributed by atoms with Gasteiger partial charge in [-0.25, -0.2) is 0 Å². The summed E-state index contributed by atoms with van der Waals surface area (Å²) in [6.45, 7) is 3.56.